The van der Waals surface area contributed by atoms with Crippen LogP contribution in [0.4, 0.5) is 11.4 Å². The second kappa shape index (κ2) is 5.95. The van der Waals surface area contributed by atoms with Crippen LogP contribution in [0.5, 0.6) is 0 Å². The van der Waals surface area contributed by atoms with E-state index in [4.69, 9.17) is 0 Å². The summed E-state index contributed by atoms with van der Waals surface area (Å²) < 4.78 is 0.867. The molecule has 1 aromatic heterocycles. The second-order valence-corrected chi connectivity index (χ2v) is 6.64. The predicted molar refractivity (Wildman–Crippen MR) is 85.1 cm³/mol. The third kappa shape index (κ3) is 3.14. The molecule has 0 saturated carbocycles. The molecule has 0 amide bonds. The number of aryl methyl sites for hydroxylation is 1. The van der Waals surface area contributed by atoms with Gasteiger partial charge in [0.1, 0.15) is 5.69 Å². The zero-order chi connectivity index (χ0) is 14.8. The normalized spacial score (nSPS) is 16.2. The van der Waals surface area contributed by atoms with Gasteiger partial charge < -0.3 is 10.6 Å². The van der Waals surface area contributed by atoms with E-state index in [0.29, 0.717) is 11.6 Å². The van der Waals surface area contributed by atoms with E-state index in [2.05, 4.69) is 15.6 Å². The molecule has 3 rings (SSSR count). The smallest absolute Gasteiger partial charge is 0.293 e. The number of aromatic nitrogens is 1. The molecule has 1 saturated heterocycles. The first-order valence-electron chi connectivity index (χ1n) is 7.13. The fourth-order valence-corrected chi connectivity index (χ4v) is 3.55. The first-order chi connectivity index (χ1) is 10.1. The average Bonchev–Trinajstić information content (AvgIpc) is 2.84. The Morgan fingerprint density at radius 3 is 2.95 bits per heavy atom. The van der Waals surface area contributed by atoms with Crippen molar-refractivity contribution in [3.8, 4) is 0 Å². The molecule has 2 heterocycles. The molecule has 112 valence electrons. The molecule has 7 heteroatoms. The number of rotatable bonds is 4. The SMILES string of the molecule is Cc1nc2cc(NCC3CCNCC3)c([N+](=O)[O-])cc2s1. The molecular weight excluding hydrogens is 288 g/mol. The van der Waals surface area contributed by atoms with Crippen LogP contribution in [0, 0.1) is 23.0 Å². The lowest BCUT2D eigenvalue weighted by molar-refractivity contribution is -0.383. The summed E-state index contributed by atoms with van der Waals surface area (Å²) in [4.78, 5) is 15.4. The largest absolute Gasteiger partial charge is 0.379 e. The van der Waals surface area contributed by atoms with Crippen LogP contribution < -0.4 is 10.6 Å². The van der Waals surface area contributed by atoms with Crippen molar-refractivity contribution in [2.45, 2.75) is 19.8 Å². The van der Waals surface area contributed by atoms with E-state index in [9.17, 15) is 10.1 Å². The number of anilines is 1. The lowest BCUT2D eigenvalue weighted by atomic mass is 9.98. The van der Waals surface area contributed by atoms with Crippen molar-refractivity contribution in [3.05, 3.63) is 27.3 Å². The summed E-state index contributed by atoms with van der Waals surface area (Å²) in [6.07, 6.45) is 2.22. The fourth-order valence-electron chi connectivity index (χ4n) is 2.71. The van der Waals surface area contributed by atoms with Crippen LogP contribution in [-0.2, 0) is 0 Å². The first kappa shape index (κ1) is 14.2. The number of piperidine rings is 1. The van der Waals surface area contributed by atoms with Crippen LogP contribution in [0.15, 0.2) is 12.1 Å². The van der Waals surface area contributed by atoms with E-state index < -0.39 is 0 Å². The number of hydrogen-bond donors (Lipinski definition) is 2. The van der Waals surface area contributed by atoms with Gasteiger partial charge in [0.05, 0.1) is 20.1 Å². The maximum absolute atomic E-state index is 11.3. The molecule has 2 aromatic rings. The van der Waals surface area contributed by atoms with E-state index in [1.807, 2.05) is 6.92 Å². The minimum absolute atomic E-state index is 0.139. The van der Waals surface area contributed by atoms with Crippen LogP contribution in [0.2, 0.25) is 0 Å². The number of fused-ring (bicyclic) bond motifs is 1. The Morgan fingerprint density at radius 2 is 2.24 bits per heavy atom. The highest BCUT2D eigenvalue weighted by atomic mass is 32.1. The molecule has 0 unspecified atom stereocenters. The minimum Gasteiger partial charge on any atom is -0.379 e. The van der Waals surface area contributed by atoms with Crippen molar-refractivity contribution in [2.75, 3.05) is 25.0 Å². The van der Waals surface area contributed by atoms with Gasteiger partial charge in [-0.25, -0.2) is 4.98 Å². The van der Waals surface area contributed by atoms with Crippen LogP contribution in [-0.4, -0.2) is 29.5 Å². The monoisotopic (exact) mass is 306 g/mol. The van der Waals surface area contributed by atoms with E-state index in [1.54, 1.807) is 12.1 Å². The topological polar surface area (TPSA) is 80.1 Å². The maximum Gasteiger partial charge on any atom is 0.293 e. The van der Waals surface area contributed by atoms with Crippen molar-refractivity contribution in [1.29, 1.82) is 0 Å². The first-order valence-corrected chi connectivity index (χ1v) is 7.95. The number of nitrogens with zero attached hydrogens (tertiary/aromatic N) is 2. The number of thiazole rings is 1. The minimum atomic E-state index is -0.320. The number of nitrogens with one attached hydrogen (secondary N) is 2. The van der Waals surface area contributed by atoms with E-state index in [0.717, 1.165) is 47.7 Å². The molecule has 1 aromatic carbocycles. The zero-order valence-corrected chi connectivity index (χ0v) is 12.7. The summed E-state index contributed by atoms with van der Waals surface area (Å²) >= 11 is 1.49. The number of nitro groups is 1. The summed E-state index contributed by atoms with van der Waals surface area (Å²) in [5.41, 5.74) is 1.55. The van der Waals surface area contributed by atoms with Crippen molar-refractivity contribution >= 4 is 32.9 Å². The molecule has 0 radical (unpaired) electrons. The van der Waals surface area contributed by atoms with Crippen molar-refractivity contribution in [3.63, 3.8) is 0 Å². The summed E-state index contributed by atoms with van der Waals surface area (Å²) in [5, 5.41) is 18.8. The van der Waals surface area contributed by atoms with Gasteiger partial charge in [0.2, 0.25) is 0 Å². The third-order valence-corrected chi connectivity index (χ3v) is 4.78. The molecule has 0 aliphatic carbocycles. The standard InChI is InChI=1S/C14H18N4O2S/c1-9-17-12-6-11(13(18(19)20)7-14(12)21-9)16-8-10-2-4-15-5-3-10/h6-7,10,15-16H,2-5,8H2,1H3. The van der Waals surface area contributed by atoms with E-state index in [-0.39, 0.29) is 10.6 Å². The molecule has 0 atom stereocenters. The van der Waals surface area contributed by atoms with Gasteiger partial charge in [0, 0.05) is 12.6 Å². The Hall–Kier alpha value is -1.73. The number of hydrogen-bond acceptors (Lipinski definition) is 6. The van der Waals surface area contributed by atoms with Crippen molar-refractivity contribution in [2.24, 2.45) is 5.92 Å². The quantitative estimate of drug-likeness (QED) is 0.670. The average molecular weight is 306 g/mol. The third-order valence-electron chi connectivity index (χ3n) is 3.85. The Labute approximate surface area is 126 Å². The lowest BCUT2D eigenvalue weighted by Gasteiger charge is -2.23. The van der Waals surface area contributed by atoms with Gasteiger partial charge in [-0.3, -0.25) is 10.1 Å². The van der Waals surface area contributed by atoms with Crippen LogP contribution in [0.3, 0.4) is 0 Å². The zero-order valence-electron chi connectivity index (χ0n) is 11.9. The lowest BCUT2D eigenvalue weighted by Crippen LogP contribution is -2.31. The van der Waals surface area contributed by atoms with Crippen LogP contribution in [0.1, 0.15) is 17.8 Å². The molecule has 0 bridgehead atoms. The summed E-state index contributed by atoms with van der Waals surface area (Å²) in [5.74, 6) is 0.568. The van der Waals surface area contributed by atoms with Crippen molar-refractivity contribution < 1.29 is 4.92 Å². The molecular formula is C14H18N4O2S. The molecule has 1 fully saturated rings. The van der Waals surface area contributed by atoms with Crippen LogP contribution in [0.25, 0.3) is 10.2 Å². The van der Waals surface area contributed by atoms with Gasteiger partial charge >= 0.3 is 0 Å². The fraction of sp³-hybridized carbons (Fsp3) is 0.500. The molecule has 21 heavy (non-hydrogen) atoms. The van der Waals surface area contributed by atoms with Gasteiger partial charge in [0.25, 0.3) is 5.69 Å². The summed E-state index contributed by atoms with van der Waals surface area (Å²) in [6, 6.07) is 3.43. The van der Waals surface area contributed by atoms with Gasteiger partial charge in [-0.15, -0.1) is 11.3 Å². The Bertz CT molecular complexity index is 664. The highest BCUT2D eigenvalue weighted by Crippen LogP contribution is 2.33. The highest BCUT2D eigenvalue weighted by molar-refractivity contribution is 7.18. The molecule has 0 spiro atoms. The summed E-state index contributed by atoms with van der Waals surface area (Å²) in [6.45, 7) is 4.74. The second-order valence-electron chi connectivity index (χ2n) is 5.40. The molecule has 1 aliphatic heterocycles. The molecule has 1 aliphatic rings. The van der Waals surface area contributed by atoms with Crippen LogP contribution >= 0.6 is 11.3 Å². The van der Waals surface area contributed by atoms with E-state index >= 15 is 0 Å². The van der Waals surface area contributed by atoms with Crippen molar-refractivity contribution in [1.82, 2.24) is 10.3 Å². The molecule has 6 nitrogen and oxygen atoms in total. The number of benzene rings is 1. The van der Waals surface area contributed by atoms with Gasteiger partial charge in [-0.2, -0.15) is 0 Å². The maximum atomic E-state index is 11.3. The number of nitro benzene ring substituents is 1. The Morgan fingerprint density at radius 1 is 1.48 bits per heavy atom. The van der Waals surface area contributed by atoms with Gasteiger partial charge in [-0.05, 0) is 44.8 Å². The highest BCUT2D eigenvalue weighted by Gasteiger charge is 2.19. The van der Waals surface area contributed by atoms with Gasteiger partial charge in [0.15, 0.2) is 0 Å². The van der Waals surface area contributed by atoms with Gasteiger partial charge in [-0.1, -0.05) is 0 Å². The van der Waals surface area contributed by atoms with E-state index in [1.165, 1.54) is 11.3 Å². The predicted octanol–water partition coefficient (Wildman–Crippen LogP) is 2.92. The Kier molecular flexibility index (Phi) is 4.03. The summed E-state index contributed by atoms with van der Waals surface area (Å²) in [7, 11) is 0. The molecule has 2 N–H and O–H groups in total. The Balaban J connectivity index is 1.84.